The molecule has 1 atom stereocenters. The van der Waals surface area contributed by atoms with Crippen LogP contribution in [-0.4, -0.2) is 55.5 Å². The lowest BCUT2D eigenvalue weighted by atomic mass is 9.97. The summed E-state index contributed by atoms with van der Waals surface area (Å²) in [4.78, 5) is 35.6. The van der Waals surface area contributed by atoms with Gasteiger partial charge in [-0.05, 0) is 19.4 Å². The van der Waals surface area contributed by atoms with Gasteiger partial charge in [-0.25, -0.2) is 4.79 Å². The summed E-state index contributed by atoms with van der Waals surface area (Å²) in [5, 5.41) is 4.75. The van der Waals surface area contributed by atoms with E-state index in [-0.39, 0.29) is 18.4 Å². The Bertz CT molecular complexity index is 347. The van der Waals surface area contributed by atoms with E-state index in [9.17, 15) is 14.4 Å². The molecule has 0 aromatic heterocycles. The molecular weight excluding hydrogens is 250 g/mol. The molecule has 4 amide bonds. The van der Waals surface area contributed by atoms with Gasteiger partial charge in [0.2, 0.25) is 11.8 Å². The van der Waals surface area contributed by atoms with Crippen molar-refractivity contribution in [2.75, 3.05) is 32.7 Å². The van der Waals surface area contributed by atoms with E-state index in [0.717, 1.165) is 19.4 Å². The molecule has 8 nitrogen and oxygen atoms in total. The van der Waals surface area contributed by atoms with E-state index in [4.69, 9.17) is 11.5 Å². The number of hydrogen-bond donors (Lipinski definition) is 4. The Morgan fingerprint density at radius 3 is 2.68 bits per heavy atom. The third-order valence-corrected chi connectivity index (χ3v) is 2.95. The van der Waals surface area contributed by atoms with Gasteiger partial charge in [0, 0.05) is 19.6 Å². The topological polar surface area (TPSA) is 131 Å². The van der Waals surface area contributed by atoms with Crippen LogP contribution in [0.1, 0.15) is 12.8 Å². The number of nitrogens with one attached hydrogen (secondary N) is 2. The number of imide groups is 1. The Balaban J connectivity index is 2.39. The van der Waals surface area contributed by atoms with Gasteiger partial charge in [-0.2, -0.15) is 0 Å². The lowest BCUT2D eigenvalue weighted by molar-refractivity contribution is -0.128. The number of urea groups is 1. The zero-order valence-electron chi connectivity index (χ0n) is 10.9. The summed E-state index contributed by atoms with van der Waals surface area (Å²) in [6.07, 6.45) is 1.63. The summed E-state index contributed by atoms with van der Waals surface area (Å²) in [7, 11) is 0. The van der Waals surface area contributed by atoms with Crippen molar-refractivity contribution < 1.29 is 14.4 Å². The minimum absolute atomic E-state index is 0.0366. The number of primary amides is 1. The van der Waals surface area contributed by atoms with Crippen LogP contribution in [-0.2, 0) is 9.59 Å². The molecule has 0 bridgehead atoms. The van der Waals surface area contributed by atoms with Crippen LogP contribution in [0.2, 0.25) is 0 Å². The highest BCUT2D eigenvalue weighted by Gasteiger charge is 2.26. The fourth-order valence-corrected chi connectivity index (χ4v) is 2.13. The number of likely N-dealkylation sites (tertiary alicyclic amines) is 1. The summed E-state index contributed by atoms with van der Waals surface area (Å²) >= 11 is 0. The SMILES string of the molecule is NCCNC(=O)C1CCCN(CC(=O)NC(N)=O)C1. The molecule has 0 radical (unpaired) electrons. The van der Waals surface area contributed by atoms with Crippen molar-refractivity contribution in [3.8, 4) is 0 Å². The largest absolute Gasteiger partial charge is 0.355 e. The van der Waals surface area contributed by atoms with Crippen LogP contribution < -0.4 is 22.1 Å². The summed E-state index contributed by atoms with van der Waals surface area (Å²) in [6.45, 7) is 2.17. The molecule has 0 saturated carbocycles. The molecule has 19 heavy (non-hydrogen) atoms. The molecule has 0 aromatic carbocycles. The molecule has 1 aliphatic heterocycles. The number of carbonyl (C=O) groups is 3. The van der Waals surface area contributed by atoms with Crippen LogP contribution in [0, 0.1) is 5.92 Å². The number of piperidine rings is 1. The molecule has 0 aliphatic carbocycles. The first kappa shape index (κ1) is 15.4. The lowest BCUT2D eigenvalue weighted by Crippen LogP contribution is -2.48. The zero-order valence-corrected chi connectivity index (χ0v) is 10.9. The highest BCUT2D eigenvalue weighted by Crippen LogP contribution is 2.16. The zero-order chi connectivity index (χ0) is 14.3. The molecule has 1 saturated heterocycles. The first-order chi connectivity index (χ1) is 9.02. The van der Waals surface area contributed by atoms with Crippen LogP contribution >= 0.6 is 0 Å². The van der Waals surface area contributed by atoms with Crippen molar-refractivity contribution in [2.24, 2.45) is 17.4 Å². The van der Waals surface area contributed by atoms with Gasteiger partial charge in [0.15, 0.2) is 0 Å². The summed E-state index contributed by atoms with van der Waals surface area (Å²) in [5.74, 6) is -0.623. The quantitative estimate of drug-likeness (QED) is 0.458. The van der Waals surface area contributed by atoms with E-state index in [1.807, 2.05) is 10.2 Å². The van der Waals surface area contributed by atoms with E-state index in [0.29, 0.717) is 19.6 Å². The van der Waals surface area contributed by atoms with Gasteiger partial charge < -0.3 is 16.8 Å². The smallest absolute Gasteiger partial charge is 0.318 e. The second kappa shape index (κ2) is 7.70. The van der Waals surface area contributed by atoms with Crippen molar-refractivity contribution in [1.82, 2.24) is 15.5 Å². The number of carbonyl (C=O) groups excluding carboxylic acids is 3. The predicted molar refractivity (Wildman–Crippen MR) is 69.0 cm³/mol. The van der Waals surface area contributed by atoms with Crippen LogP contribution in [0.25, 0.3) is 0 Å². The predicted octanol–water partition coefficient (Wildman–Crippen LogP) is -2.03. The number of nitrogens with zero attached hydrogens (tertiary/aromatic N) is 1. The third kappa shape index (κ3) is 5.66. The maximum atomic E-state index is 11.8. The first-order valence-corrected chi connectivity index (χ1v) is 6.32. The van der Waals surface area contributed by atoms with Crippen molar-refractivity contribution in [3.63, 3.8) is 0 Å². The second-order valence-electron chi connectivity index (χ2n) is 4.57. The summed E-state index contributed by atoms with van der Waals surface area (Å²) in [5.41, 5.74) is 10.2. The van der Waals surface area contributed by atoms with Crippen LogP contribution in [0.5, 0.6) is 0 Å². The molecule has 1 aliphatic rings. The minimum atomic E-state index is -0.862. The van der Waals surface area contributed by atoms with Crippen LogP contribution in [0.15, 0.2) is 0 Å². The average Bonchev–Trinajstić information content (AvgIpc) is 2.35. The van der Waals surface area contributed by atoms with E-state index >= 15 is 0 Å². The molecule has 1 heterocycles. The van der Waals surface area contributed by atoms with Gasteiger partial charge in [0.05, 0.1) is 12.5 Å². The van der Waals surface area contributed by atoms with Gasteiger partial charge >= 0.3 is 6.03 Å². The van der Waals surface area contributed by atoms with E-state index in [1.165, 1.54) is 0 Å². The Kier molecular flexibility index (Phi) is 6.23. The maximum Gasteiger partial charge on any atom is 0.318 e. The Labute approximate surface area is 111 Å². The van der Waals surface area contributed by atoms with Gasteiger partial charge in [-0.3, -0.25) is 19.8 Å². The molecule has 8 heteroatoms. The van der Waals surface area contributed by atoms with Crippen molar-refractivity contribution in [3.05, 3.63) is 0 Å². The van der Waals surface area contributed by atoms with Gasteiger partial charge in [0.25, 0.3) is 0 Å². The molecule has 6 N–H and O–H groups in total. The second-order valence-corrected chi connectivity index (χ2v) is 4.57. The monoisotopic (exact) mass is 271 g/mol. The fourth-order valence-electron chi connectivity index (χ4n) is 2.13. The molecule has 0 spiro atoms. The van der Waals surface area contributed by atoms with E-state index in [2.05, 4.69) is 5.32 Å². The molecule has 1 unspecified atom stereocenters. The number of hydrogen-bond acceptors (Lipinski definition) is 5. The number of amides is 4. The molecule has 0 aromatic rings. The highest BCUT2D eigenvalue weighted by atomic mass is 16.2. The van der Waals surface area contributed by atoms with E-state index in [1.54, 1.807) is 0 Å². The van der Waals surface area contributed by atoms with Crippen LogP contribution in [0.4, 0.5) is 4.79 Å². The van der Waals surface area contributed by atoms with Crippen molar-refractivity contribution in [1.29, 1.82) is 0 Å². The van der Waals surface area contributed by atoms with Crippen molar-refractivity contribution in [2.45, 2.75) is 12.8 Å². The molecular formula is C11H21N5O3. The molecule has 108 valence electrons. The number of nitrogens with two attached hydrogens (primary N) is 2. The van der Waals surface area contributed by atoms with Gasteiger partial charge in [-0.15, -0.1) is 0 Å². The summed E-state index contributed by atoms with van der Waals surface area (Å²) in [6, 6.07) is -0.862. The van der Waals surface area contributed by atoms with Gasteiger partial charge in [0.1, 0.15) is 0 Å². The standard InChI is InChI=1S/C11H21N5O3/c12-3-4-14-10(18)8-2-1-5-16(6-8)7-9(17)15-11(13)19/h8H,1-7,12H2,(H,14,18)(H3,13,15,17,19). The molecule has 1 fully saturated rings. The molecule has 1 rings (SSSR count). The normalized spacial score (nSPS) is 19.7. The first-order valence-electron chi connectivity index (χ1n) is 6.32. The maximum absolute atomic E-state index is 11.8. The van der Waals surface area contributed by atoms with Crippen LogP contribution in [0.3, 0.4) is 0 Å². The third-order valence-electron chi connectivity index (χ3n) is 2.95. The lowest BCUT2D eigenvalue weighted by Gasteiger charge is -2.31. The summed E-state index contributed by atoms with van der Waals surface area (Å²) < 4.78 is 0. The average molecular weight is 271 g/mol. The Hall–Kier alpha value is -1.67. The Morgan fingerprint density at radius 2 is 2.05 bits per heavy atom. The number of rotatable bonds is 5. The van der Waals surface area contributed by atoms with E-state index < -0.39 is 11.9 Å². The van der Waals surface area contributed by atoms with Crippen molar-refractivity contribution >= 4 is 17.8 Å². The Morgan fingerprint density at radius 1 is 1.32 bits per heavy atom. The fraction of sp³-hybridized carbons (Fsp3) is 0.727. The minimum Gasteiger partial charge on any atom is -0.355 e. The van der Waals surface area contributed by atoms with Gasteiger partial charge in [-0.1, -0.05) is 0 Å². The highest BCUT2D eigenvalue weighted by molar-refractivity contribution is 5.94.